The van der Waals surface area contributed by atoms with Gasteiger partial charge in [0.1, 0.15) is 11.4 Å². The number of rotatable bonds is 7. The Morgan fingerprint density at radius 3 is 2.52 bits per heavy atom. The molecule has 0 aliphatic rings. The van der Waals surface area contributed by atoms with E-state index in [1.165, 1.54) is 0 Å². The third-order valence-corrected chi connectivity index (χ3v) is 6.07. The van der Waals surface area contributed by atoms with Crippen LogP contribution in [0, 0.1) is 12.8 Å². The molecule has 0 fully saturated rings. The molecule has 0 aliphatic carbocycles. The fourth-order valence-corrected chi connectivity index (χ4v) is 4.57. The summed E-state index contributed by atoms with van der Waals surface area (Å²) in [4.78, 5) is 15.1. The van der Waals surface area contributed by atoms with Gasteiger partial charge in [-0.25, -0.2) is 15.0 Å². The van der Waals surface area contributed by atoms with E-state index in [0.29, 0.717) is 23.7 Å². The number of anilines is 1. The topological polar surface area (TPSA) is 110 Å². The third-order valence-electron chi connectivity index (χ3n) is 4.57. The van der Waals surface area contributed by atoms with Gasteiger partial charge in [0.15, 0.2) is 5.65 Å². The van der Waals surface area contributed by atoms with E-state index in [9.17, 15) is 8.42 Å². The van der Waals surface area contributed by atoms with Crippen molar-refractivity contribution in [3.63, 3.8) is 0 Å². The average molecular weight is 458 g/mol. The summed E-state index contributed by atoms with van der Waals surface area (Å²) in [6.07, 6.45) is 0. The minimum absolute atomic E-state index is 0.277. The van der Waals surface area contributed by atoms with Gasteiger partial charge < -0.3 is 5.32 Å². The van der Waals surface area contributed by atoms with Crippen LogP contribution in [0.25, 0.3) is 33.0 Å². The minimum Gasteiger partial charge on any atom is -0.340 e. The predicted octanol–water partition coefficient (Wildman–Crippen LogP) is 4.44. The van der Waals surface area contributed by atoms with Crippen molar-refractivity contribution in [1.82, 2.24) is 19.5 Å². The molecule has 4 aromatic rings. The van der Waals surface area contributed by atoms with Gasteiger partial charge in [-0.2, -0.15) is 8.42 Å². The number of nitrogens with zero attached hydrogens (tertiary/aromatic N) is 4. The molecule has 162 valence electrons. The molecule has 8 nitrogen and oxygen atoms in total. The number of aromatic nitrogens is 4. The molecular formula is C21H23N5O3S2. The molecule has 2 N–H and O–H groups in total. The quantitative estimate of drug-likeness (QED) is 0.395. The van der Waals surface area contributed by atoms with Gasteiger partial charge in [-0.1, -0.05) is 44.2 Å². The van der Waals surface area contributed by atoms with Gasteiger partial charge in [0.25, 0.3) is 10.1 Å². The van der Waals surface area contributed by atoms with Gasteiger partial charge in [0.05, 0.1) is 21.3 Å². The van der Waals surface area contributed by atoms with E-state index >= 15 is 0 Å². The van der Waals surface area contributed by atoms with Crippen molar-refractivity contribution in [3.05, 3.63) is 47.5 Å². The molecule has 0 unspecified atom stereocenters. The lowest BCUT2D eigenvalue weighted by molar-refractivity contribution is 0.484. The maximum atomic E-state index is 11.2. The molecule has 3 aromatic heterocycles. The highest BCUT2D eigenvalue weighted by molar-refractivity contribution is 7.85. The van der Waals surface area contributed by atoms with Crippen LogP contribution in [0.4, 0.5) is 5.95 Å². The van der Waals surface area contributed by atoms with Crippen molar-refractivity contribution >= 4 is 38.6 Å². The fraction of sp³-hybridized carbons (Fsp3) is 0.286. The molecule has 0 radical (unpaired) electrons. The molecule has 0 aliphatic heterocycles. The summed E-state index contributed by atoms with van der Waals surface area (Å²) in [6, 6.07) is 13.8. The Bertz CT molecular complexity index is 1330. The van der Waals surface area contributed by atoms with Crippen LogP contribution in [0.2, 0.25) is 0 Å². The Labute approximate surface area is 184 Å². The number of hydrogen-bond acceptors (Lipinski definition) is 7. The Morgan fingerprint density at radius 1 is 1.10 bits per heavy atom. The first-order valence-corrected chi connectivity index (χ1v) is 12.2. The number of hydrogen-bond donors (Lipinski definition) is 2. The summed E-state index contributed by atoms with van der Waals surface area (Å²) in [5, 5.41) is 3.66. The zero-order chi connectivity index (χ0) is 22.2. The van der Waals surface area contributed by atoms with Crippen molar-refractivity contribution in [3.8, 4) is 21.8 Å². The van der Waals surface area contributed by atoms with Crippen LogP contribution in [0.15, 0.2) is 42.5 Å². The first-order chi connectivity index (χ1) is 14.7. The largest absolute Gasteiger partial charge is 0.340 e. The van der Waals surface area contributed by atoms with E-state index in [1.54, 1.807) is 11.3 Å². The number of nitrogens with one attached hydrogen (secondary N) is 1. The van der Waals surface area contributed by atoms with Gasteiger partial charge in [-0.05, 0) is 25.0 Å². The predicted molar refractivity (Wildman–Crippen MR) is 124 cm³/mol. The number of aryl methyl sites for hydroxylation is 1. The summed E-state index contributed by atoms with van der Waals surface area (Å²) >= 11 is 1.58. The molecule has 0 saturated carbocycles. The molecule has 0 atom stereocenters. The highest BCUT2D eigenvalue weighted by atomic mass is 32.2. The van der Waals surface area contributed by atoms with Crippen LogP contribution in [-0.2, 0) is 16.7 Å². The molecule has 3 heterocycles. The summed E-state index contributed by atoms with van der Waals surface area (Å²) in [6.45, 7) is 6.68. The summed E-state index contributed by atoms with van der Waals surface area (Å²) < 4.78 is 33.4. The number of benzene rings is 1. The summed E-state index contributed by atoms with van der Waals surface area (Å²) in [5.41, 5.74) is 3.98. The number of fused-ring (bicyclic) bond motifs is 1. The first kappa shape index (κ1) is 21.4. The van der Waals surface area contributed by atoms with Gasteiger partial charge in [0.2, 0.25) is 5.95 Å². The Hall–Kier alpha value is -2.82. The lowest BCUT2D eigenvalue weighted by Crippen LogP contribution is -2.17. The van der Waals surface area contributed by atoms with E-state index in [-0.39, 0.29) is 5.92 Å². The van der Waals surface area contributed by atoms with Crippen molar-refractivity contribution in [2.45, 2.75) is 27.3 Å². The molecule has 31 heavy (non-hydrogen) atoms. The first-order valence-electron chi connectivity index (χ1n) is 9.81. The second kappa shape index (κ2) is 8.37. The molecule has 0 saturated heterocycles. The van der Waals surface area contributed by atoms with E-state index in [1.807, 2.05) is 54.0 Å². The van der Waals surface area contributed by atoms with E-state index in [0.717, 1.165) is 26.8 Å². The number of imidazole rings is 1. The fourth-order valence-electron chi connectivity index (χ4n) is 3.35. The summed E-state index contributed by atoms with van der Waals surface area (Å²) in [7, 11) is -4.18. The van der Waals surface area contributed by atoms with Gasteiger partial charge in [-0.15, -0.1) is 11.3 Å². The van der Waals surface area contributed by atoms with Crippen LogP contribution >= 0.6 is 11.3 Å². The Morgan fingerprint density at radius 2 is 1.84 bits per heavy atom. The molecule has 0 spiro atoms. The molecule has 4 rings (SSSR count). The molecular weight excluding hydrogens is 434 g/mol. The van der Waals surface area contributed by atoms with Crippen LogP contribution in [0.5, 0.6) is 0 Å². The maximum absolute atomic E-state index is 11.2. The van der Waals surface area contributed by atoms with E-state index in [2.05, 4.69) is 24.1 Å². The van der Waals surface area contributed by atoms with Crippen LogP contribution in [0.1, 0.15) is 18.9 Å². The standard InChI is InChI=1S/C21H23N5O3S2/c1-13(2)11-26-20-17(25-21(26)22-12-31(27,28)29)10-9-16(24-20)19-18(23-14(3)30-19)15-7-5-4-6-8-15/h4-10,13H,11-12H2,1-3H3,(H,22,25)(H,27,28,29). The van der Waals surface area contributed by atoms with Crippen molar-refractivity contribution in [2.75, 3.05) is 11.2 Å². The highest BCUT2D eigenvalue weighted by Gasteiger charge is 2.19. The zero-order valence-electron chi connectivity index (χ0n) is 17.4. The average Bonchev–Trinajstić information content (AvgIpc) is 3.26. The smallest absolute Gasteiger partial charge is 0.283 e. The Balaban J connectivity index is 1.83. The second-order valence-electron chi connectivity index (χ2n) is 7.66. The van der Waals surface area contributed by atoms with Crippen LogP contribution in [0.3, 0.4) is 0 Å². The SMILES string of the molecule is Cc1nc(-c2ccccc2)c(-c2ccc3nc(NCS(=O)(=O)O)n(CC(C)C)c3n2)s1. The Kier molecular flexibility index (Phi) is 5.78. The molecule has 10 heteroatoms. The highest BCUT2D eigenvalue weighted by Crippen LogP contribution is 2.36. The third kappa shape index (κ3) is 4.76. The van der Waals surface area contributed by atoms with Crippen LogP contribution in [-0.4, -0.2) is 38.4 Å². The van der Waals surface area contributed by atoms with Crippen molar-refractivity contribution in [2.24, 2.45) is 5.92 Å². The molecule has 0 bridgehead atoms. The van der Waals surface area contributed by atoms with Gasteiger partial charge in [-0.3, -0.25) is 9.12 Å². The van der Waals surface area contributed by atoms with Crippen molar-refractivity contribution < 1.29 is 13.0 Å². The second-order valence-corrected chi connectivity index (χ2v) is 10.3. The molecule has 0 amide bonds. The number of thiazole rings is 1. The normalized spacial score (nSPS) is 12.0. The van der Waals surface area contributed by atoms with Crippen molar-refractivity contribution in [1.29, 1.82) is 0 Å². The maximum Gasteiger partial charge on any atom is 0.283 e. The number of pyridine rings is 1. The molecule has 1 aromatic carbocycles. The van der Waals surface area contributed by atoms with Crippen LogP contribution < -0.4 is 5.32 Å². The van der Waals surface area contributed by atoms with E-state index < -0.39 is 16.0 Å². The monoisotopic (exact) mass is 457 g/mol. The lowest BCUT2D eigenvalue weighted by atomic mass is 10.1. The van der Waals surface area contributed by atoms with E-state index in [4.69, 9.17) is 14.5 Å². The lowest BCUT2D eigenvalue weighted by Gasteiger charge is -2.12. The minimum atomic E-state index is -4.18. The van der Waals surface area contributed by atoms with Gasteiger partial charge in [0, 0.05) is 12.1 Å². The van der Waals surface area contributed by atoms with Gasteiger partial charge >= 0.3 is 0 Å². The summed E-state index contributed by atoms with van der Waals surface area (Å²) in [5.74, 6) is 0.0161. The zero-order valence-corrected chi connectivity index (χ0v) is 19.0.